The van der Waals surface area contributed by atoms with Gasteiger partial charge in [0, 0.05) is 26.1 Å². The van der Waals surface area contributed by atoms with Gasteiger partial charge in [-0.05, 0) is 53.6 Å². The van der Waals surface area contributed by atoms with Crippen LogP contribution in [-0.2, 0) is 11.3 Å². The third kappa shape index (κ3) is 2.43. The second-order valence-corrected chi connectivity index (χ2v) is 6.79. The molecule has 1 saturated heterocycles. The molecule has 3 rings (SSSR count). The molecule has 2 fully saturated rings. The van der Waals surface area contributed by atoms with Crippen LogP contribution in [0.3, 0.4) is 0 Å². The Morgan fingerprint density at radius 2 is 2.47 bits per heavy atom. The van der Waals surface area contributed by atoms with Gasteiger partial charge < -0.3 is 5.32 Å². The summed E-state index contributed by atoms with van der Waals surface area (Å²) in [5, 5.41) is 7.24. The molecule has 0 bridgehead atoms. The smallest absolute Gasteiger partial charge is 0.223 e. The van der Waals surface area contributed by atoms with Crippen LogP contribution in [0.25, 0.3) is 0 Å². The maximum Gasteiger partial charge on any atom is 0.223 e. The highest BCUT2D eigenvalue weighted by Gasteiger charge is 2.49. The molecule has 1 aliphatic carbocycles. The van der Waals surface area contributed by atoms with Gasteiger partial charge in [0.05, 0.1) is 0 Å². The second kappa shape index (κ2) is 5.25. The van der Waals surface area contributed by atoms with Crippen molar-refractivity contribution in [1.29, 1.82) is 0 Å². The zero-order valence-corrected chi connectivity index (χ0v) is 12.3. The van der Waals surface area contributed by atoms with Crippen molar-refractivity contribution in [3.8, 4) is 0 Å². The molecule has 0 aromatic carbocycles. The van der Waals surface area contributed by atoms with Gasteiger partial charge in [-0.1, -0.05) is 6.42 Å². The minimum Gasteiger partial charge on any atom is -0.359 e. The molecule has 2 heterocycles. The van der Waals surface area contributed by atoms with E-state index in [1.807, 2.05) is 0 Å². The first-order valence-corrected chi connectivity index (χ1v) is 8.13. The molecule has 1 spiro atoms. The number of nitrogens with zero attached hydrogens (tertiary/aromatic N) is 1. The van der Waals surface area contributed by atoms with Gasteiger partial charge in [-0.25, -0.2) is 0 Å². The number of amides is 1. The molecule has 1 aromatic rings. The summed E-state index contributed by atoms with van der Waals surface area (Å²) in [6.07, 6.45) is 4.71. The molecule has 1 N–H and O–H groups in total. The lowest BCUT2D eigenvalue weighted by Crippen LogP contribution is -2.39. The van der Waals surface area contributed by atoms with Crippen molar-refractivity contribution < 1.29 is 4.79 Å². The predicted octanol–water partition coefficient (Wildman–Crippen LogP) is 2.49. The second-order valence-electron chi connectivity index (χ2n) is 6.01. The summed E-state index contributed by atoms with van der Waals surface area (Å²) in [4.78, 5) is 14.6. The van der Waals surface area contributed by atoms with E-state index in [2.05, 4.69) is 27.0 Å². The molecule has 1 amide bonds. The zero-order valence-electron chi connectivity index (χ0n) is 11.5. The summed E-state index contributed by atoms with van der Waals surface area (Å²) >= 11 is 1.76. The Labute approximate surface area is 119 Å². The van der Waals surface area contributed by atoms with Crippen molar-refractivity contribution in [2.75, 3.05) is 20.1 Å². The standard InChI is InChI=1S/C15H22N2OS/c1-16-14(18)13-3-2-5-15(13)6-7-17(11-15)9-12-4-8-19-10-12/h4,8,10,13H,2-3,5-7,9,11H2,1H3,(H,16,18)/t13-,15+/m1/s1. The summed E-state index contributed by atoms with van der Waals surface area (Å²) in [6.45, 7) is 3.29. The fraction of sp³-hybridized carbons (Fsp3) is 0.667. The Morgan fingerprint density at radius 1 is 1.58 bits per heavy atom. The van der Waals surface area contributed by atoms with E-state index >= 15 is 0 Å². The molecule has 2 aliphatic rings. The fourth-order valence-corrected chi connectivity index (χ4v) is 4.63. The van der Waals surface area contributed by atoms with Crippen molar-refractivity contribution >= 4 is 17.2 Å². The van der Waals surface area contributed by atoms with Gasteiger partial charge in [0.25, 0.3) is 0 Å². The summed E-state index contributed by atoms with van der Waals surface area (Å²) in [7, 11) is 1.77. The third-order valence-electron chi connectivity index (χ3n) is 4.92. The molecular formula is C15H22N2OS. The number of hydrogen-bond donors (Lipinski definition) is 1. The Kier molecular flexibility index (Phi) is 3.63. The van der Waals surface area contributed by atoms with Crippen LogP contribution in [-0.4, -0.2) is 30.9 Å². The topological polar surface area (TPSA) is 32.3 Å². The highest BCUT2D eigenvalue weighted by Crippen LogP contribution is 2.50. The minimum atomic E-state index is 0.241. The van der Waals surface area contributed by atoms with Gasteiger partial charge in [-0.15, -0.1) is 0 Å². The summed E-state index contributed by atoms with van der Waals surface area (Å²) in [5.41, 5.74) is 1.67. The molecule has 0 radical (unpaired) electrons. The molecule has 1 saturated carbocycles. The molecule has 0 unspecified atom stereocenters. The van der Waals surface area contributed by atoms with Crippen LogP contribution >= 0.6 is 11.3 Å². The van der Waals surface area contributed by atoms with Crippen molar-refractivity contribution in [2.45, 2.75) is 32.2 Å². The zero-order chi connectivity index (χ0) is 13.3. The van der Waals surface area contributed by atoms with Crippen LogP contribution in [0.2, 0.25) is 0 Å². The summed E-state index contributed by atoms with van der Waals surface area (Å²) < 4.78 is 0. The van der Waals surface area contributed by atoms with Crippen LogP contribution in [0.1, 0.15) is 31.2 Å². The van der Waals surface area contributed by atoms with Gasteiger partial charge in [-0.2, -0.15) is 11.3 Å². The van der Waals surface area contributed by atoms with E-state index in [-0.39, 0.29) is 17.2 Å². The van der Waals surface area contributed by atoms with Gasteiger partial charge in [0.15, 0.2) is 0 Å². The Hall–Kier alpha value is -0.870. The number of hydrogen-bond acceptors (Lipinski definition) is 3. The SMILES string of the molecule is CNC(=O)[C@H]1CCC[C@@]12CCN(Cc1ccsc1)C2. The maximum atomic E-state index is 12.1. The van der Waals surface area contributed by atoms with E-state index in [1.165, 1.54) is 24.8 Å². The number of likely N-dealkylation sites (tertiary alicyclic amines) is 1. The molecular weight excluding hydrogens is 256 g/mol. The van der Waals surface area contributed by atoms with Crippen LogP contribution < -0.4 is 5.32 Å². The number of nitrogens with one attached hydrogen (secondary N) is 1. The number of rotatable bonds is 3. The van der Waals surface area contributed by atoms with Crippen LogP contribution in [0.15, 0.2) is 16.8 Å². The lowest BCUT2D eigenvalue weighted by Gasteiger charge is -2.30. The number of carbonyl (C=O) groups excluding carboxylic acids is 1. The van der Waals surface area contributed by atoms with Gasteiger partial charge >= 0.3 is 0 Å². The van der Waals surface area contributed by atoms with Crippen molar-refractivity contribution in [1.82, 2.24) is 10.2 Å². The molecule has 19 heavy (non-hydrogen) atoms. The Balaban J connectivity index is 1.68. The van der Waals surface area contributed by atoms with Gasteiger partial charge in [-0.3, -0.25) is 9.69 Å². The number of carbonyl (C=O) groups is 1. The quantitative estimate of drug-likeness (QED) is 0.921. The molecule has 2 atom stereocenters. The van der Waals surface area contributed by atoms with Gasteiger partial charge in [0.2, 0.25) is 5.91 Å². The molecule has 3 nitrogen and oxygen atoms in total. The van der Waals surface area contributed by atoms with E-state index < -0.39 is 0 Å². The lowest BCUT2D eigenvalue weighted by molar-refractivity contribution is -0.127. The van der Waals surface area contributed by atoms with E-state index in [0.29, 0.717) is 0 Å². The maximum absolute atomic E-state index is 12.1. The van der Waals surface area contributed by atoms with E-state index in [4.69, 9.17) is 0 Å². The predicted molar refractivity (Wildman–Crippen MR) is 78.1 cm³/mol. The third-order valence-corrected chi connectivity index (χ3v) is 5.65. The van der Waals surface area contributed by atoms with Crippen molar-refractivity contribution in [3.63, 3.8) is 0 Å². The Bertz CT molecular complexity index is 445. The first-order chi connectivity index (χ1) is 9.23. The number of thiophene rings is 1. The summed E-state index contributed by atoms with van der Waals surface area (Å²) in [5.74, 6) is 0.500. The first-order valence-electron chi connectivity index (χ1n) is 7.18. The minimum absolute atomic E-state index is 0.241. The fourth-order valence-electron chi connectivity index (χ4n) is 3.97. The molecule has 1 aromatic heterocycles. The van der Waals surface area contributed by atoms with Crippen LogP contribution in [0.5, 0.6) is 0 Å². The average molecular weight is 278 g/mol. The largest absolute Gasteiger partial charge is 0.359 e. The monoisotopic (exact) mass is 278 g/mol. The van der Waals surface area contributed by atoms with Crippen molar-refractivity contribution in [2.24, 2.45) is 11.3 Å². The average Bonchev–Trinajstić information content (AvgIpc) is 3.13. The first kappa shape index (κ1) is 13.1. The molecule has 4 heteroatoms. The highest BCUT2D eigenvalue weighted by molar-refractivity contribution is 7.07. The lowest BCUT2D eigenvalue weighted by atomic mass is 9.76. The summed E-state index contributed by atoms with van der Waals surface area (Å²) in [6, 6.07) is 2.21. The van der Waals surface area contributed by atoms with Crippen LogP contribution in [0, 0.1) is 11.3 Å². The van der Waals surface area contributed by atoms with Crippen molar-refractivity contribution in [3.05, 3.63) is 22.4 Å². The highest BCUT2D eigenvalue weighted by atomic mass is 32.1. The van der Waals surface area contributed by atoms with Gasteiger partial charge in [0.1, 0.15) is 0 Å². The Morgan fingerprint density at radius 3 is 3.21 bits per heavy atom. The molecule has 1 aliphatic heterocycles. The molecule has 104 valence electrons. The van der Waals surface area contributed by atoms with E-state index in [9.17, 15) is 4.79 Å². The van der Waals surface area contributed by atoms with E-state index in [0.717, 1.165) is 26.1 Å². The van der Waals surface area contributed by atoms with Crippen LogP contribution in [0.4, 0.5) is 0 Å². The van der Waals surface area contributed by atoms with E-state index in [1.54, 1.807) is 18.4 Å². The normalized spacial score (nSPS) is 31.1.